The number of likely N-dealkylation sites (tertiary alicyclic amines) is 1. The van der Waals surface area contributed by atoms with Crippen molar-refractivity contribution in [2.45, 2.75) is 25.7 Å². The van der Waals surface area contributed by atoms with Crippen LogP contribution in [0.5, 0.6) is 0 Å². The number of unbranched alkanes of at least 4 members (excludes halogenated alkanes) is 1. The van der Waals surface area contributed by atoms with E-state index in [1.165, 1.54) is 42.4 Å². The first-order valence-electron chi connectivity index (χ1n) is 10.4. The predicted molar refractivity (Wildman–Crippen MR) is 117 cm³/mol. The van der Waals surface area contributed by atoms with E-state index in [1.54, 1.807) is 0 Å². The van der Waals surface area contributed by atoms with E-state index in [1.807, 2.05) is 18.0 Å². The summed E-state index contributed by atoms with van der Waals surface area (Å²) in [6, 6.07) is 14.5. The molecule has 1 saturated heterocycles. The van der Waals surface area contributed by atoms with Gasteiger partial charge in [0.1, 0.15) is 0 Å². The summed E-state index contributed by atoms with van der Waals surface area (Å²) in [5, 5.41) is 2.36. The van der Waals surface area contributed by atoms with Gasteiger partial charge in [0.2, 0.25) is 0 Å². The van der Waals surface area contributed by atoms with Gasteiger partial charge < -0.3 is 20.8 Å². The molecule has 0 unspecified atom stereocenters. The first-order valence-corrected chi connectivity index (χ1v) is 10.4. The molecular weight excluding hydrogens is 530 g/mol. The van der Waals surface area contributed by atoms with E-state index in [2.05, 4.69) is 59.3 Å². The molecule has 1 aromatic heterocycles. The second-order valence-corrected chi connectivity index (χ2v) is 7.95. The van der Waals surface area contributed by atoms with Gasteiger partial charge >= 0.3 is 0 Å². The minimum Gasteiger partial charge on any atom is -0.344 e. The summed E-state index contributed by atoms with van der Waals surface area (Å²) < 4.78 is 2.20. The SMILES string of the molecule is CN(CCCCN1CC[CH-]CC1)C(=O)c1ccc2c(c1)c1ccccc1n2C.[W]. The van der Waals surface area contributed by atoms with Crippen molar-refractivity contribution in [3.05, 3.63) is 54.4 Å². The molecule has 1 fully saturated rings. The summed E-state index contributed by atoms with van der Waals surface area (Å²) in [5.74, 6) is 0.113. The Hall–Kier alpha value is -1.64. The molecule has 4 rings (SSSR count). The fourth-order valence-corrected chi connectivity index (χ4v) is 4.33. The van der Waals surface area contributed by atoms with Crippen molar-refractivity contribution >= 4 is 27.7 Å². The third kappa shape index (κ3) is 4.75. The molecule has 5 heteroatoms. The average molecular weight is 560 g/mol. The molecular formula is C24H30N3OW-. The van der Waals surface area contributed by atoms with E-state index < -0.39 is 0 Å². The van der Waals surface area contributed by atoms with Gasteiger partial charge in [0, 0.05) is 69.1 Å². The number of amides is 1. The summed E-state index contributed by atoms with van der Waals surface area (Å²) in [6.45, 7) is 4.35. The second-order valence-electron chi connectivity index (χ2n) is 7.95. The molecule has 1 aliphatic heterocycles. The number of hydrogen-bond donors (Lipinski definition) is 0. The number of aromatic nitrogens is 1. The summed E-state index contributed by atoms with van der Waals surface area (Å²) in [6.07, 6.45) is 7.03. The van der Waals surface area contributed by atoms with Crippen LogP contribution in [-0.2, 0) is 28.1 Å². The van der Waals surface area contributed by atoms with Crippen molar-refractivity contribution in [2.75, 3.05) is 33.2 Å². The number of rotatable bonds is 6. The van der Waals surface area contributed by atoms with Crippen LogP contribution in [0.25, 0.3) is 21.8 Å². The van der Waals surface area contributed by atoms with E-state index in [-0.39, 0.29) is 27.0 Å². The number of aryl methyl sites for hydroxylation is 1. The molecule has 154 valence electrons. The maximum absolute atomic E-state index is 12.9. The van der Waals surface area contributed by atoms with Crippen LogP contribution >= 0.6 is 0 Å². The Labute approximate surface area is 188 Å². The molecule has 2 heterocycles. The third-order valence-corrected chi connectivity index (χ3v) is 6.02. The Kier molecular flexibility index (Phi) is 7.54. The maximum atomic E-state index is 12.9. The molecule has 0 saturated carbocycles. The molecule has 1 amide bonds. The Morgan fingerprint density at radius 2 is 1.76 bits per heavy atom. The van der Waals surface area contributed by atoms with Gasteiger partial charge in [-0.2, -0.15) is 12.8 Å². The standard InChI is InChI=1S/C24H30N3O.W/c1-25(14-8-9-17-27-15-6-3-7-16-27)24(28)19-12-13-23-21(18-19)20-10-4-5-11-22(20)26(23)2;/h3-5,10-13,18H,6-9,14-17H2,1-2H3;/q-1;. The zero-order valence-electron chi connectivity index (χ0n) is 17.4. The molecule has 0 atom stereocenters. The van der Waals surface area contributed by atoms with E-state index >= 15 is 0 Å². The van der Waals surface area contributed by atoms with Crippen LogP contribution in [0.1, 0.15) is 36.0 Å². The molecule has 1 aliphatic rings. The molecule has 3 aromatic rings. The fourth-order valence-electron chi connectivity index (χ4n) is 4.33. The van der Waals surface area contributed by atoms with Gasteiger partial charge in [-0.05, 0) is 56.7 Å². The van der Waals surface area contributed by atoms with E-state index in [0.29, 0.717) is 0 Å². The van der Waals surface area contributed by atoms with Gasteiger partial charge in [-0.3, -0.25) is 4.79 Å². The summed E-state index contributed by atoms with van der Waals surface area (Å²) in [5.41, 5.74) is 3.14. The van der Waals surface area contributed by atoms with Gasteiger partial charge in [-0.25, -0.2) is 0 Å². The van der Waals surface area contributed by atoms with Gasteiger partial charge in [0.25, 0.3) is 5.91 Å². The Morgan fingerprint density at radius 3 is 2.55 bits per heavy atom. The van der Waals surface area contributed by atoms with Gasteiger partial charge in [0.05, 0.1) is 0 Å². The zero-order chi connectivity index (χ0) is 19.5. The Bertz CT molecular complexity index is 975. The largest absolute Gasteiger partial charge is 0.344 e. The number of fused-ring (bicyclic) bond motifs is 3. The summed E-state index contributed by atoms with van der Waals surface area (Å²) in [7, 11) is 4.00. The number of nitrogens with zero attached hydrogens (tertiary/aromatic N) is 3. The zero-order valence-corrected chi connectivity index (χ0v) is 20.4. The van der Waals surface area contributed by atoms with Crippen molar-refractivity contribution in [1.82, 2.24) is 14.4 Å². The van der Waals surface area contributed by atoms with Gasteiger partial charge in [0.15, 0.2) is 0 Å². The van der Waals surface area contributed by atoms with Crippen molar-refractivity contribution in [1.29, 1.82) is 0 Å². The van der Waals surface area contributed by atoms with Gasteiger partial charge in [-0.15, -0.1) is 0 Å². The van der Waals surface area contributed by atoms with E-state index in [0.717, 1.165) is 36.9 Å². The average Bonchev–Trinajstić information content (AvgIpc) is 3.03. The van der Waals surface area contributed by atoms with Crippen LogP contribution in [0, 0.1) is 6.42 Å². The van der Waals surface area contributed by atoms with E-state index in [4.69, 9.17) is 0 Å². The third-order valence-electron chi connectivity index (χ3n) is 6.02. The molecule has 0 N–H and O–H groups in total. The summed E-state index contributed by atoms with van der Waals surface area (Å²) >= 11 is 0. The van der Waals surface area contributed by atoms with Crippen molar-refractivity contribution in [2.24, 2.45) is 7.05 Å². The molecule has 0 spiro atoms. The predicted octanol–water partition coefficient (Wildman–Crippen LogP) is 4.48. The van der Waals surface area contributed by atoms with Crippen LogP contribution in [0.15, 0.2) is 42.5 Å². The minimum atomic E-state index is 0. The van der Waals surface area contributed by atoms with Crippen molar-refractivity contribution < 1.29 is 25.9 Å². The van der Waals surface area contributed by atoms with Crippen LogP contribution in [-0.4, -0.2) is 53.5 Å². The Balaban J connectivity index is 0.00000240. The number of carbonyl (C=O) groups is 1. The van der Waals surface area contributed by atoms with Crippen molar-refractivity contribution in [3.63, 3.8) is 0 Å². The maximum Gasteiger partial charge on any atom is 0.253 e. The normalized spacial score (nSPS) is 14.8. The topological polar surface area (TPSA) is 28.5 Å². The van der Waals surface area contributed by atoms with Crippen LogP contribution in [0.3, 0.4) is 0 Å². The number of para-hydroxylation sites is 1. The Morgan fingerprint density at radius 1 is 1.03 bits per heavy atom. The first-order chi connectivity index (χ1) is 13.6. The number of benzene rings is 2. The first kappa shape index (κ1) is 22.1. The number of carbonyl (C=O) groups excluding carboxylic acids is 1. The van der Waals surface area contributed by atoms with E-state index in [9.17, 15) is 4.79 Å². The quantitative estimate of drug-likeness (QED) is 0.329. The second kappa shape index (κ2) is 9.91. The van der Waals surface area contributed by atoms with Crippen LogP contribution in [0.2, 0.25) is 0 Å². The monoisotopic (exact) mass is 560 g/mol. The van der Waals surface area contributed by atoms with Crippen LogP contribution < -0.4 is 0 Å². The number of hydrogen-bond acceptors (Lipinski definition) is 2. The summed E-state index contributed by atoms with van der Waals surface area (Å²) in [4.78, 5) is 17.3. The molecule has 4 nitrogen and oxygen atoms in total. The molecule has 0 bridgehead atoms. The molecule has 29 heavy (non-hydrogen) atoms. The smallest absolute Gasteiger partial charge is 0.253 e. The van der Waals surface area contributed by atoms with Crippen LogP contribution in [0.4, 0.5) is 0 Å². The molecule has 0 aliphatic carbocycles. The van der Waals surface area contributed by atoms with Crippen molar-refractivity contribution in [3.8, 4) is 0 Å². The minimum absolute atomic E-state index is 0. The molecule has 2 aromatic carbocycles. The fraction of sp³-hybridized carbons (Fsp3) is 0.417. The number of piperidine rings is 1. The molecule has 0 radical (unpaired) electrons. The van der Waals surface area contributed by atoms with Gasteiger partial charge in [-0.1, -0.05) is 18.2 Å².